The van der Waals surface area contributed by atoms with E-state index in [1.165, 1.54) is 69.1 Å². The molecule has 0 radical (unpaired) electrons. The molecular weight excluding hydrogens is 266 g/mol. The van der Waals surface area contributed by atoms with Crippen molar-refractivity contribution >= 4 is 11.9 Å². The molecule has 5 heteroatoms. The van der Waals surface area contributed by atoms with E-state index in [0.717, 1.165) is 0 Å². The molecule has 5 nitrogen and oxygen atoms in total. The summed E-state index contributed by atoms with van der Waals surface area (Å²) in [6.45, 7) is 0.669. The molecule has 0 spiro atoms. The first kappa shape index (κ1) is 14.8. The van der Waals surface area contributed by atoms with Gasteiger partial charge in [0.1, 0.15) is 0 Å². The van der Waals surface area contributed by atoms with Gasteiger partial charge in [-0.1, -0.05) is 38.5 Å². The molecule has 118 valence electrons. The van der Waals surface area contributed by atoms with Gasteiger partial charge in [-0.3, -0.25) is 9.69 Å². The number of amides is 3. The Labute approximate surface area is 127 Å². The standard InChI is InChI=1S/C16H27N3O2/c20-15-11-17-16(21)19(15)12-18(13-7-3-1-4-8-13)14-9-5-2-6-10-14/h13-14H,1-12H2,(H,17,21). The van der Waals surface area contributed by atoms with E-state index in [4.69, 9.17) is 0 Å². The molecule has 1 aliphatic heterocycles. The molecule has 0 aromatic heterocycles. The molecule has 0 aromatic carbocycles. The number of hydrogen-bond donors (Lipinski definition) is 1. The smallest absolute Gasteiger partial charge is 0.325 e. The van der Waals surface area contributed by atoms with Crippen LogP contribution in [0.4, 0.5) is 4.79 Å². The minimum Gasteiger partial charge on any atom is -0.328 e. The van der Waals surface area contributed by atoms with Crippen molar-refractivity contribution in [2.24, 2.45) is 0 Å². The molecule has 3 fully saturated rings. The van der Waals surface area contributed by atoms with Crippen LogP contribution in [0.3, 0.4) is 0 Å². The van der Waals surface area contributed by atoms with Gasteiger partial charge in [-0.15, -0.1) is 0 Å². The van der Waals surface area contributed by atoms with E-state index in [0.29, 0.717) is 18.8 Å². The Hall–Kier alpha value is -1.10. The van der Waals surface area contributed by atoms with Crippen molar-refractivity contribution in [3.63, 3.8) is 0 Å². The van der Waals surface area contributed by atoms with Gasteiger partial charge in [-0.25, -0.2) is 9.69 Å². The van der Waals surface area contributed by atoms with Gasteiger partial charge in [0, 0.05) is 12.1 Å². The topological polar surface area (TPSA) is 52.7 Å². The average Bonchev–Trinajstić information content (AvgIpc) is 2.85. The first-order valence-electron chi connectivity index (χ1n) is 8.59. The van der Waals surface area contributed by atoms with Gasteiger partial charge in [0.15, 0.2) is 0 Å². The van der Waals surface area contributed by atoms with Gasteiger partial charge in [0.2, 0.25) is 0 Å². The van der Waals surface area contributed by atoms with Crippen molar-refractivity contribution in [1.82, 2.24) is 15.1 Å². The molecule has 1 saturated heterocycles. The van der Waals surface area contributed by atoms with Crippen LogP contribution in [0.15, 0.2) is 0 Å². The Bertz CT molecular complexity index is 353. The van der Waals surface area contributed by atoms with Crippen molar-refractivity contribution in [2.45, 2.75) is 76.3 Å². The van der Waals surface area contributed by atoms with Gasteiger partial charge >= 0.3 is 6.03 Å². The largest absolute Gasteiger partial charge is 0.328 e. The number of urea groups is 1. The maximum Gasteiger partial charge on any atom is 0.325 e. The van der Waals surface area contributed by atoms with E-state index in [1.807, 2.05) is 0 Å². The van der Waals surface area contributed by atoms with Gasteiger partial charge < -0.3 is 5.32 Å². The lowest BCUT2D eigenvalue weighted by Gasteiger charge is -2.42. The monoisotopic (exact) mass is 293 g/mol. The summed E-state index contributed by atoms with van der Waals surface area (Å²) in [6.07, 6.45) is 12.7. The summed E-state index contributed by atoms with van der Waals surface area (Å²) >= 11 is 0. The van der Waals surface area contributed by atoms with Crippen molar-refractivity contribution in [1.29, 1.82) is 0 Å². The fraction of sp³-hybridized carbons (Fsp3) is 0.875. The lowest BCUT2D eigenvalue weighted by atomic mass is 9.89. The van der Waals surface area contributed by atoms with Crippen LogP contribution in [0.5, 0.6) is 0 Å². The van der Waals surface area contributed by atoms with Crippen LogP contribution in [0.2, 0.25) is 0 Å². The van der Waals surface area contributed by atoms with Crippen LogP contribution in [0, 0.1) is 0 Å². The van der Waals surface area contributed by atoms with E-state index in [-0.39, 0.29) is 18.5 Å². The molecule has 3 amide bonds. The van der Waals surface area contributed by atoms with Crippen LogP contribution in [0.25, 0.3) is 0 Å². The zero-order valence-electron chi connectivity index (χ0n) is 12.9. The van der Waals surface area contributed by atoms with E-state index in [9.17, 15) is 9.59 Å². The average molecular weight is 293 g/mol. The normalized spacial score (nSPS) is 25.7. The quantitative estimate of drug-likeness (QED) is 0.810. The SMILES string of the molecule is O=C1CNC(=O)N1CN(C1CCCCC1)C1CCCCC1. The molecule has 0 unspecified atom stereocenters. The first-order chi connectivity index (χ1) is 10.3. The summed E-state index contributed by atoms with van der Waals surface area (Å²) in [4.78, 5) is 27.7. The molecule has 21 heavy (non-hydrogen) atoms. The lowest BCUT2D eigenvalue weighted by molar-refractivity contribution is -0.127. The third-order valence-electron chi connectivity index (χ3n) is 5.33. The van der Waals surface area contributed by atoms with Gasteiger partial charge in [0.25, 0.3) is 5.91 Å². The van der Waals surface area contributed by atoms with Crippen molar-refractivity contribution in [3.05, 3.63) is 0 Å². The summed E-state index contributed by atoms with van der Waals surface area (Å²) in [5.41, 5.74) is 0. The van der Waals surface area contributed by atoms with Gasteiger partial charge in [-0.05, 0) is 25.7 Å². The summed E-state index contributed by atoms with van der Waals surface area (Å²) in [6, 6.07) is 0.905. The predicted molar refractivity (Wildman–Crippen MR) is 80.7 cm³/mol. The molecule has 1 heterocycles. The molecule has 2 saturated carbocycles. The summed E-state index contributed by atoms with van der Waals surface area (Å²) in [5, 5.41) is 2.64. The number of nitrogens with one attached hydrogen (secondary N) is 1. The zero-order valence-corrected chi connectivity index (χ0v) is 12.9. The Morgan fingerprint density at radius 3 is 1.86 bits per heavy atom. The number of rotatable bonds is 4. The highest BCUT2D eigenvalue weighted by Crippen LogP contribution is 2.30. The molecule has 1 N–H and O–H groups in total. The fourth-order valence-electron chi connectivity index (χ4n) is 4.12. The first-order valence-corrected chi connectivity index (χ1v) is 8.59. The van der Waals surface area contributed by atoms with Crippen LogP contribution in [0.1, 0.15) is 64.2 Å². The summed E-state index contributed by atoms with van der Waals surface area (Å²) < 4.78 is 0. The molecule has 0 atom stereocenters. The van der Waals surface area contributed by atoms with Crippen LogP contribution in [-0.4, -0.2) is 47.0 Å². The second-order valence-corrected chi connectivity index (χ2v) is 6.72. The molecule has 3 rings (SSSR count). The fourth-order valence-corrected chi connectivity index (χ4v) is 4.12. The maximum atomic E-state index is 11.9. The van der Waals surface area contributed by atoms with E-state index in [1.54, 1.807) is 0 Å². The minimum atomic E-state index is -0.211. The second-order valence-electron chi connectivity index (χ2n) is 6.72. The summed E-state index contributed by atoms with van der Waals surface area (Å²) in [5.74, 6) is -0.0726. The number of nitrogens with zero attached hydrogens (tertiary/aromatic N) is 2. The molecule has 0 bridgehead atoms. The highest BCUT2D eigenvalue weighted by atomic mass is 16.2. The maximum absolute atomic E-state index is 11.9. The number of imide groups is 1. The van der Waals surface area contributed by atoms with E-state index in [2.05, 4.69) is 10.2 Å². The third kappa shape index (κ3) is 3.39. The van der Waals surface area contributed by atoms with Gasteiger partial charge in [0.05, 0.1) is 13.2 Å². The minimum absolute atomic E-state index is 0.0726. The van der Waals surface area contributed by atoms with Crippen LogP contribution < -0.4 is 5.32 Å². The van der Waals surface area contributed by atoms with Crippen molar-refractivity contribution in [3.8, 4) is 0 Å². The Morgan fingerprint density at radius 1 is 0.905 bits per heavy atom. The van der Waals surface area contributed by atoms with Crippen LogP contribution >= 0.6 is 0 Å². The summed E-state index contributed by atoms with van der Waals surface area (Å²) in [7, 11) is 0. The Balaban J connectivity index is 1.71. The molecule has 3 aliphatic rings. The number of hydrogen-bond acceptors (Lipinski definition) is 3. The second kappa shape index (κ2) is 6.77. The molecular formula is C16H27N3O2. The van der Waals surface area contributed by atoms with E-state index >= 15 is 0 Å². The lowest BCUT2D eigenvalue weighted by Crippen LogP contribution is -2.52. The van der Waals surface area contributed by atoms with Gasteiger partial charge in [-0.2, -0.15) is 0 Å². The highest BCUT2D eigenvalue weighted by molar-refractivity contribution is 6.01. The predicted octanol–water partition coefficient (Wildman–Crippen LogP) is 2.46. The number of carbonyl (C=O) groups is 2. The third-order valence-corrected chi connectivity index (χ3v) is 5.33. The number of carbonyl (C=O) groups excluding carboxylic acids is 2. The Morgan fingerprint density at radius 2 is 1.43 bits per heavy atom. The zero-order chi connectivity index (χ0) is 14.7. The van der Waals surface area contributed by atoms with Crippen molar-refractivity contribution < 1.29 is 9.59 Å². The molecule has 0 aromatic rings. The van der Waals surface area contributed by atoms with E-state index < -0.39 is 0 Å². The van der Waals surface area contributed by atoms with Crippen molar-refractivity contribution in [2.75, 3.05) is 13.2 Å². The Kier molecular flexibility index (Phi) is 4.78. The highest BCUT2D eigenvalue weighted by Gasteiger charge is 2.35. The molecule has 2 aliphatic carbocycles. The van der Waals surface area contributed by atoms with Crippen LogP contribution in [-0.2, 0) is 4.79 Å².